The number of fused-ring (bicyclic) bond motifs is 2. The number of pyridine rings is 2. The molecule has 6 rings (SSSR count). The van der Waals surface area contributed by atoms with E-state index in [1.54, 1.807) is 36.9 Å². The van der Waals surface area contributed by atoms with Gasteiger partial charge in [-0.05, 0) is 42.3 Å². The highest BCUT2D eigenvalue weighted by molar-refractivity contribution is 6.06. The summed E-state index contributed by atoms with van der Waals surface area (Å²) in [6.45, 7) is 4.81. The van der Waals surface area contributed by atoms with Gasteiger partial charge in [0.2, 0.25) is 0 Å². The van der Waals surface area contributed by atoms with Gasteiger partial charge in [-0.15, -0.1) is 0 Å². The predicted octanol–water partition coefficient (Wildman–Crippen LogP) is 3.68. The van der Waals surface area contributed by atoms with Gasteiger partial charge in [-0.2, -0.15) is 0 Å². The van der Waals surface area contributed by atoms with Gasteiger partial charge in [0.25, 0.3) is 5.91 Å². The van der Waals surface area contributed by atoms with Crippen LogP contribution in [0.3, 0.4) is 0 Å². The van der Waals surface area contributed by atoms with Crippen LogP contribution in [0.4, 0.5) is 21.6 Å². The fourth-order valence-corrected chi connectivity index (χ4v) is 5.03. The number of anilines is 3. The summed E-state index contributed by atoms with van der Waals surface area (Å²) in [6.07, 6.45) is 5.30. The number of benzene rings is 1. The first-order valence-electron chi connectivity index (χ1n) is 12.2. The Morgan fingerprint density at radius 1 is 1.22 bits per heavy atom. The van der Waals surface area contributed by atoms with E-state index < -0.39 is 0 Å². The number of imidazole rings is 1. The maximum Gasteiger partial charge on any atom is 0.254 e. The fraction of sp³-hybridized carbons (Fsp3) is 0.296. The van der Waals surface area contributed by atoms with E-state index in [0.717, 1.165) is 35.6 Å². The molecule has 1 amide bonds. The molecule has 4 aromatic rings. The number of carbonyl (C=O) groups excluding carboxylic acids is 1. The van der Waals surface area contributed by atoms with Crippen LogP contribution in [0, 0.1) is 12.7 Å². The number of nitrogens with one attached hydrogen (secondary N) is 2. The minimum Gasteiger partial charge on any atom is -0.382 e. The fourth-order valence-electron chi connectivity index (χ4n) is 5.03. The van der Waals surface area contributed by atoms with Crippen molar-refractivity contribution >= 4 is 28.7 Å². The predicted molar refractivity (Wildman–Crippen MR) is 138 cm³/mol. The Balaban J connectivity index is 1.28. The van der Waals surface area contributed by atoms with Crippen LogP contribution in [0.1, 0.15) is 21.5 Å². The van der Waals surface area contributed by atoms with E-state index in [9.17, 15) is 9.18 Å². The van der Waals surface area contributed by atoms with Crippen molar-refractivity contribution < 1.29 is 18.7 Å². The first kappa shape index (κ1) is 23.4. The van der Waals surface area contributed by atoms with Crippen LogP contribution < -0.4 is 15.5 Å². The second-order valence-electron chi connectivity index (χ2n) is 9.27. The number of aryl methyl sites for hydroxylation is 1. The molecule has 0 saturated carbocycles. The molecule has 1 aromatic carbocycles. The van der Waals surface area contributed by atoms with Crippen LogP contribution in [0.15, 0.2) is 48.9 Å². The number of methoxy groups -OCH3 is 1. The summed E-state index contributed by atoms with van der Waals surface area (Å²) in [6, 6.07) is 9.42. The van der Waals surface area contributed by atoms with Crippen molar-refractivity contribution in [2.45, 2.75) is 19.6 Å². The lowest BCUT2D eigenvalue weighted by atomic mass is 9.99. The van der Waals surface area contributed by atoms with Gasteiger partial charge in [-0.3, -0.25) is 9.20 Å². The van der Waals surface area contributed by atoms with E-state index in [4.69, 9.17) is 9.47 Å². The van der Waals surface area contributed by atoms with Gasteiger partial charge in [-0.25, -0.2) is 14.4 Å². The molecule has 10 heteroatoms. The molecular formula is C27H27FN6O3. The van der Waals surface area contributed by atoms with E-state index in [2.05, 4.69) is 25.5 Å². The molecule has 1 atom stereocenters. The number of morpholine rings is 1. The zero-order valence-electron chi connectivity index (χ0n) is 20.6. The molecule has 5 heterocycles. The monoisotopic (exact) mass is 502 g/mol. The Kier molecular flexibility index (Phi) is 5.97. The van der Waals surface area contributed by atoms with Crippen molar-refractivity contribution in [3.05, 3.63) is 71.4 Å². The largest absolute Gasteiger partial charge is 0.382 e. The summed E-state index contributed by atoms with van der Waals surface area (Å²) in [5, 5.41) is 6.22. The van der Waals surface area contributed by atoms with Crippen LogP contribution in [0.25, 0.3) is 16.9 Å². The molecule has 1 saturated heterocycles. The van der Waals surface area contributed by atoms with Crippen LogP contribution >= 0.6 is 0 Å². The summed E-state index contributed by atoms with van der Waals surface area (Å²) in [5.41, 5.74) is 5.42. The Hall–Kier alpha value is -4.02. The lowest BCUT2D eigenvalue weighted by molar-refractivity contribution is -0.0100. The third-order valence-corrected chi connectivity index (χ3v) is 6.92. The molecule has 3 aromatic heterocycles. The molecule has 37 heavy (non-hydrogen) atoms. The van der Waals surface area contributed by atoms with Gasteiger partial charge in [-0.1, -0.05) is 6.07 Å². The molecule has 9 nitrogen and oxygen atoms in total. The molecular weight excluding hydrogens is 475 g/mol. The van der Waals surface area contributed by atoms with Gasteiger partial charge < -0.3 is 25.0 Å². The summed E-state index contributed by atoms with van der Waals surface area (Å²) < 4.78 is 27.3. The standard InChI is InChI=1S/C27H27FN6O3/c1-16-7-8-34-22(13-30-26(34)25(16)28)19-4-5-21(24-20(19)12-31-27(24)35)32-23-6-3-17(11-29-23)33-9-10-37-18(14-33)15-36-2/h3-8,11,13,18H,9-10,12,14-15H2,1-2H3,(H,29,32)(H,31,35)/t18-/m1/s1. The van der Waals surface area contributed by atoms with Crippen molar-refractivity contribution in [2.75, 3.05) is 43.6 Å². The smallest absolute Gasteiger partial charge is 0.254 e. The van der Waals surface area contributed by atoms with Gasteiger partial charge in [0.15, 0.2) is 11.5 Å². The maximum atomic E-state index is 14.6. The third kappa shape index (κ3) is 4.17. The summed E-state index contributed by atoms with van der Waals surface area (Å²) in [5.74, 6) is 0.121. The number of amides is 1. The molecule has 0 aliphatic carbocycles. The zero-order chi connectivity index (χ0) is 25.5. The SMILES string of the molecule is COC[C@H]1CN(c2ccc(Nc3ccc(-c4cnc5c(F)c(C)ccn45)c4c3C(=O)NC4)nc2)CCO1. The molecule has 0 spiro atoms. The number of carbonyl (C=O) groups is 1. The number of ether oxygens (including phenoxy) is 2. The number of nitrogens with zero attached hydrogens (tertiary/aromatic N) is 4. The molecule has 0 unspecified atom stereocenters. The molecule has 0 bridgehead atoms. The minimum atomic E-state index is -0.348. The third-order valence-electron chi connectivity index (χ3n) is 6.92. The number of hydrogen-bond acceptors (Lipinski definition) is 7. The van der Waals surface area contributed by atoms with Gasteiger partial charge >= 0.3 is 0 Å². The van der Waals surface area contributed by atoms with Crippen molar-refractivity contribution in [3.8, 4) is 11.3 Å². The second-order valence-corrected chi connectivity index (χ2v) is 9.27. The van der Waals surface area contributed by atoms with Crippen LogP contribution in [0.2, 0.25) is 0 Å². The number of rotatable bonds is 6. The molecule has 0 radical (unpaired) electrons. The number of aromatic nitrogens is 3. The molecule has 190 valence electrons. The maximum absolute atomic E-state index is 14.6. The Labute approximate surface area is 213 Å². The van der Waals surface area contributed by atoms with Crippen molar-refractivity contribution in [3.63, 3.8) is 0 Å². The minimum absolute atomic E-state index is 0.0320. The average Bonchev–Trinajstić information content (AvgIpc) is 3.52. The Morgan fingerprint density at radius 2 is 2.11 bits per heavy atom. The topological polar surface area (TPSA) is 93.0 Å². The summed E-state index contributed by atoms with van der Waals surface area (Å²) >= 11 is 0. The second kappa shape index (κ2) is 9.45. The summed E-state index contributed by atoms with van der Waals surface area (Å²) in [7, 11) is 1.67. The molecule has 2 aliphatic rings. The quantitative estimate of drug-likeness (QED) is 0.416. The summed E-state index contributed by atoms with van der Waals surface area (Å²) in [4.78, 5) is 23.9. The highest BCUT2D eigenvalue weighted by Crippen LogP contribution is 2.36. The van der Waals surface area contributed by atoms with Crippen LogP contribution in [-0.2, 0) is 16.0 Å². The van der Waals surface area contributed by atoms with E-state index >= 15 is 0 Å². The number of halogens is 1. The van der Waals surface area contributed by atoms with Crippen molar-refractivity contribution in [2.24, 2.45) is 0 Å². The molecule has 2 aliphatic heterocycles. The molecule has 1 fully saturated rings. The van der Waals surface area contributed by atoms with Gasteiger partial charge in [0.05, 0.1) is 54.3 Å². The van der Waals surface area contributed by atoms with Crippen molar-refractivity contribution in [1.82, 2.24) is 19.7 Å². The molecule has 2 N–H and O–H groups in total. The Morgan fingerprint density at radius 3 is 2.92 bits per heavy atom. The Bertz CT molecular complexity index is 1480. The van der Waals surface area contributed by atoms with E-state index in [0.29, 0.717) is 42.4 Å². The van der Waals surface area contributed by atoms with Gasteiger partial charge in [0, 0.05) is 38.5 Å². The van der Waals surface area contributed by atoms with E-state index in [1.807, 2.05) is 30.5 Å². The van der Waals surface area contributed by atoms with E-state index in [1.165, 1.54) is 0 Å². The van der Waals surface area contributed by atoms with Crippen LogP contribution in [-0.4, -0.2) is 59.8 Å². The highest BCUT2D eigenvalue weighted by atomic mass is 19.1. The van der Waals surface area contributed by atoms with E-state index in [-0.39, 0.29) is 23.5 Å². The zero-order valence-corrected chi connectivity index (χ0v) is 20.6. The van der Waals surface area contributed by atoms with Crippen LogP contribution in [0.5, 0.6) is 0 Å². The first-order chi connectivity index (χ1) is 18.0. The average molecular weight is 503 g/mol. The normalized spacial score (nSPS) is 17.2. The number of hydrogen-bond donors (Lipinski definition) is 2. The highest BCUT2D eigenvalue weighted by Gasteiger charge is 2.28. The lowest BCUT2D eigenvalue weighted by Gasteiger charge is -2.34. The van der Waals surface area contributed by atoms with Crippen molar-refractivity contribution in [1.29, 1.82) is 0 Å². The lowest BCUT2D eigenvalue weighted by Crippen LogP contribution is -2.44. The first-order valence-corrected chi connectivity index (χ1v) is 12.2. The van der Waals surface area contributed by atoms with Gasteiger partial charge in [0.1, 0.15) is 5.82 Å².